The minimum absolute atomic E-state index is 0.129. The predicted octanol–water partition coefficient (Wildman–Crippen LogP) is 4.10. The number of carbonyl (C=O) groups excluding carboxylic acids is 1. The molecular weight excluding hydrogens is 311 g/mol. The molecule has 0 aliphatic heterocycles. The van der Waals surface area contributed by atoms with Gasteiger partial charge in [0.25, 0.3) is 0 Å². The molecule has 2 rings (SSSR count). The van der Waals surface area contributed by atoms with Gasteiger partial charge in [-0.3, -0.25) is 0 Å². The van der Waals surface area contributed by atoms with E-state index < -0.39 is 18.1 Å². The average molecular weight is 321 g/mol. The van der Waals surface area contributed by atoms with E-state index in [0.717, 1.165) is 6.07 Å². The monoisotopic (exact) mass is 321 g/mol. The number of benzene rings is 2. The fraction of sp³-hybridized carbons (Fsp3) is 0.0667. The van der Waals surface area contributed by atoms with Crippen LogP contribution >= 0.6 is 0 Å². The number of hydrogen-bond acceptors (Lipinski definition) is 3. The summed E-state index contributed by atoms with van der Waals surface area (Å²) in [5.41, 5.74) is 0.673. The summed E-state index contributed by atoms with van der Waals surface area (Å²) in [7, 11) is 0. The number of halogens is 3. The van der Waals surface area contributed by atoms with Crippen molar-refractivity contribution in [1.29, 1.82) is 5.26 Å². The first kappa shape index (κ1) is 16.2. The molecule has 0 atom stereocenters. The van der Waals surface area contributed by atoms with Gasteiger partial charge in [0.05, 0.1) is 17.3 Å². The highest BCUT2D eigenvalue weighted by atomic mass is 19.4. The maximum atomic E-state index is 12.3. The second-order valence-corrected chi connectivity index (χ2v) is 4.31. The van der Waals surface area contributed by atoms with E-state index in [1.807, 2.05) is 6.07 Å². The predicted molar refractivity (Wildman–Crippen MR) is 76.9 cm³/mol. The normalized spacial score (nSPS) is 10.5. The number of rotatable bonds is 3. The molecule has 8 heteroatoms. The van der Waals surface area contributed by atoms with Crippen molar-refractivity contribution in [3.63, 3.8) is 0 Å². The van der Waals surface area contributed by atoms with Crippen LogP contribution in [0.4, 0.5) is 29.3 Å². The molecule has 0 fully saturated rings. The number of hydrogen-bond donors (Lipinski definition) is 2. The van der Waals surface area contributed by atoms with Gasteiger partial charge < -0.3 is 15.4 Å². The van der Waals surface area contributed by atoms with Crippen LogP contribution < -0.4 is 15.4 Å². The topological polar surface area (TPSA) is 74.2 Å². The Morgan fingerprint density at radius 3 is 2.30 bits per heavy atom. The molecule has 2 N–H and O–H groups in total. The highest BCUT2D eigenvalue weighted by Gasteiger charge is 2.32. The zero-order chi connectivity index (χ0) is 16.9. The molecule has 0 saturated carbocycles. The number of urea groups is 1. The van der Waals surface area contributed by atoms with Gasteiger partial charge in [0.2, 0.25) is 0 Å². The number of alkyl halides is 3. The van der Waals surface area contributed by atoms with E-state index in [9.17, 15) is 18.0 Å². The van der Waals surface area contributed by atoms with Crippen LogP contribution in [0.15, 0.2) is 48.5 Å². The van der Waals surface area contributed by atoms with Crippen molar-refractivity contribution in [2.24, 2.45) is 0 Å². The molecule has 0 aliphatic carbocycles. The van der Waals surface area contributed by atoms with Crippen molar-refractivity contribution >= 4 is 17.4 Å². The third-order valence-corrected chi connectivity index (χ3v) is 2.63. The zero-order valence-electron chi connectivity index (χ0n) is 11.5. The Labute approximate surface area is 129 Å². The van der Waals surface area contributed by atoms with Gasteiger partial charge in [-0.2, -0.15) is 5.26 Å². The number of carbonyl (C=O) groups is 1. The fourth-order valence-electron chi connectivity index (χ4n) is 1.70. The van der Waals surface area contributed by atoms with E-state index in [1.54, 1.807) is 0 Å². The number of para-hydroxylation sites is 2. The van der Waals surface area contributed by atoms with Gasteiger partial charge in [0, 0.05) is 5.69 Å². The first-order valence-corrected chi connectivity index (χ1v) is 6.30. The number of nitrogens with zero attached hydrogens (tertiary/aromatic N) is 1. The van der Waals surface area contributed by atoms with Crippen LogP contribution in [-0.2, 0) is 0 Å². The molecule has 0 bridgehead atoms. The van der Waals surface area contributed by atoms with Gasteiger partial charge in [-0.25, -0.2) is 4.79 Å². The first-order valence-electron chi connectivity index (χ1n) is 6.30. The third-order valence-electron chi connectivity index (χ3n) is 2.63. The van der Waals surface area contributed by atoms with E-state index in [4.69, 9.17) is 5.26 Å². The van der Waals surface area contributed by atoms with Gasteiger partial charge in [-0.05, 0) is 36.4 Å². The van der Waals surface area contributed by atoms with Crippen LogP contribution in [0, 0.1) is 11.3 Å². The van der Waals surface area contributed by atoms with Gasteiger partial charge >= 0.3 is 12.4 Å². The Balaban J connectivity index is 2.06. The summed E-state index contributed by atoms with van der Waals surface area (Å²) in [6.45, 7) is 0. The standard InChI is InChI=1S/C15H10F3N3O2/c16-15(17,18)23-13-4-2-1-3-12(13)21-14(22)20-11-7-5-10(9-19)6-8-11/h1-8H,(H2,20,21,22). The summed E-state index contributed by atoms with van der Waals surface area (Å²) in [5, 5.41) is 13.4. The molecule has 23 heavy (non-hydrogen) atoms. The van der Waals surface area contributed by atoms with E-state index in [0.29, 0.717) is 11.3 Å². The Morgan fingerprint density at radius 2 is 1.70 bits per heavy atom. The van der Waals surface area contributed by atoms with Crippen LogP contribution in [-0.4, -0.2) is 12.4 Å². The largest absolute Gasteiger partial charge is 0.573 e. The van der Waals surface area contributed by atoms with E-state index in [1.165, 1.54) is 42.5 Å². The third kappa shape index (κ3) is 4.93. The number of anilines is 2. The molecule has 0 spiro atoms. The lowest BCUT2D eigenvalue weighted by molar-refractivity contribution is -0.274. The molecule has 0 saturated heterocycles. The SMILES string of the molecule is N#Cc1ccc(NC(=O)Nc2ccccc2OC(F)(F)F)cc1. The summed E-state index contributed by atoms with van der Waals surface area (Å²) in [6, 6.07) is 12.3. The second-order valence-electron chi connectivity index (χ2n) is 4.31. The van der Waals surface area contributed by atoms with E-state index in [-0.39, 0.29) is 5.69 Å². The van der Waals surface area contributed by atoms with Gasteiger partial charge in [-0.1, -0.05) is 12.1 Å². The lowest BCUT2D eigenvalue weighted by Gasteiger charge is -2.14. The van der Waals surface area contributed by atoms with Crippen molar-refractivity contribution in [1.82, 2.24) is 0 Å². The quantitative estimate of drug-likeness (QED) is 0.893. The lowest BCUT2D eigenvalue weighted by atomic mass is 10.2. The van der Waals surface area contributed by atoms with Gasteiger partial charge in [-0.15, -0.1) is 13.2 Å². The molecule has 5 nitrogen and oxygen atoms in total. The van der Waals surface area contributed by atoms with Crippen LogP contribution in [0.25, 0.3) is 0 Å². The molecule has 2 aromatic rings. The van der Waals surface area contributed by atoms with Crippen LogP contribution in [0.3, 0.4) is 0 Å². The maximum absolute atomic E-state index is 12.3. The zero-order valence-corrected chi connectivity index (χ0v) is 11.5. The fourth-order valence-corrected chi connectivity index (χ4v) is 1.70. The first-order chi connectivity index (χ1) is 10.9. The smallest absolute Gasteiger partial charge is 0.404 e. The minimum Gasteiger partial charge on any atom is -0.404 e. The summed E-state index contributed by atoms with van der Waals surface area (Å²) in [6.07, 6.45) is -4.86. The van der Waals surface area contributed by atoms with Crippen molar-refractivity contribution in [3.05, 3.63) is 54.1 Å². The molecule has 0 heterocycles. The van der Waals surface area contributed by atoms with Crippen molar-refractivity contribution < 1.29 is 22.7 Å². The van der Waals surface area contributed by atoms with Crippen LogP contribution in [0.1, 0.15) is 5.56 Å². The average Bonchev–Trinajstić information content (AvgIpc) is 2.48. The number of ether oxygens (including phenoxy) is 1. The van der Waals surface area contributed by atoms with Crippen molar-refractivity contribution in [2.45, 2.75) is 6.36 Å². The van der Waals surface area contributed by atoms with Crippen LogP contribution in [0.5, 0.6) is 5.75 Å². The second kappa shape index (κ2) is 6.70. The van der Waals surface area contributed by atoms with Crippen molar-refractivity contribution in [2.75, 3.05) is 10.6 Å². The van der Waals surface area contributed by atoms with Gasteiger partial charge in [0.1, 0.15) is 0 Å². The molecule has 0 aliphatic rings. The van der Waals surface area contributed by atoms with E-state index >= 15 is 0 Å². The maximum Gasteiger partial charge on any atom is 0.573 e. The molecule has 2 aromatic carbocycles. The Hall–Kier alpha value is -3.21. The van der Waals surface area contributed by atoms with E-state index in [2.05, 4.69) is 15.4 Å². The molecule has 0 unspecified atom stereocenters. The summed E-state index contributed by atoms with van der Waals surface area (Å²) in [4.78, 5) is 11.8. The lowest BCUT2D eigenvalue weighted by Crippen LogP contribution is -2.22. The summed E-state index contributed by atoms with van der Waals surface area (Å²) >= 11 is 0. The highest BCUT2D eigenvalue weighted by Crippen LogP contribution is 2.29. The molecule has 0 radical (unpaired) electrons. The summed E-state index contributed by atoms with van der Waals surface area (Å²) in [5.74, 6) is -0.519. The molecule has 0 aromatic heterocycles. The van der Waals surface area contributed by atoms with Crippen molar-refractivity contribution in [3.8, 4) is 11.8 Å². The number of nitrogens with one attached hydrogen (secondary N) is 2. The van der Waals surface area contributed by atoms with Gasteiger partial charge in [0.15, 0.2) is 5.75 Å². The molecule has 2 amide bonds. The Morgan fingerprint density at radius 1 is 1.04 bits per heavy atom. The summed E-state index contributed by atoms with van der Waals surface area (Å²) < 4.78 is 40.7. The van der Waals surface area contributed by atoms with Crippen LogP contribution in [0.2, 0.25) is 0 Å². The number of amides is 2. The molecular formula is C15H10F3N3O2. The Kier molecular flexibility index (Phi) is 4.71. The number of nitriles is 1. The minimum atomic E-state index is -4.86. The Bertz CT molecular complexity index is 737. The highest BCUT2D eigenvalue weighted by molar-refractivity contribution is 6.00. The molecule has 118 valence electrons.